The summed E-state index contributed by atoms with van der Waals surface area (Å²) in [4.78, 5) is 16.1. The molecular weight excluding hydrogens is 383 g/mol. The zero-order valence-electron chi connectivity index (χ0n) is 15.1. The van der Waals surface area contributed by atoms with Crippen molar-refractivity contribution in [3.8, 4) is 17.6 Å². The van der Waals surface area contributed by atoms with E-state index in [1.807, 2.05) is 24.3 Å². The summed E-state index contributed by atoms with van der Waals surface area (Å²) in [6.07, 6.45) is -2.89. The van der Waals surface area contributed by atoms with Gasteiger partial charge in [-0.25, -0.2) is 4.79 Å². The van der Waals surface area contributed by atoms with Gasteiger partial charge in [0.15, 0.2) is 0 Å². The third-order valence-corrected chi connectivity index (χ3v) is 3.84. The van der Waals surface area contributed by atoms with Crippen LogP contribution in [0.1, 0.15) is 5.56 Å². The zero-order chi connectivity index (χ0) is 20.7. The Kier molecular flexibility index (Phi) is 6.19. The smallest absolute Gasteiger partial charge is 0.418 e. The molecule has 0 fully saturated rings. The molecule has 5 nitrogen and oxygen atoms in total. The molecule has 2 amide bonds. The topological polar surface area (TPSA) is 63.2 Å². The molecule has 148 valence electrons. The molecule has 2 N–H and O–H groups in total. The SMILES string of the molecule is O=C(NCC#CCOc1cccc2cccnc12)Nc1ccccc1C(F)(F)F. The highest BCUT2D eigenvalue weighted by atomic mass is 19.4. The fourth-order valence-electron chi connectivity index (χ4n) is 2.55. The zero-order valence-corrected chi connectivity index (χ0v) is 15.1. The second-order valence-corrected chi connectivity index (χ2v) is 5.82. The van der Waals surface area contributed by atoms with Crippen LogP contribution in [0.15, 0.2) is 60.8 Å². The number of ether oxygens (including phenoxy) is 1. The summed E-state index contributed by atoms with van der Waals surface area (Å²) >= 11 is 0. The number of halogens is 3. The van der Waals surface area contributed by atoms with Gasteiger partial charge in [0.05, 0.1) is 17.8 Å². The Labute approximate surface area is 164 Å². The second kappa shape index (κ2) is 8.97. The minimum atomic E-state index is -4.56. The number of pyridine rings is 1. The molecule has 0 saturated carbocycles. The lowest BCUT2D eigenvalue weighted by atomic mass is 10.1. The average molecular weight is 399 g/mol. The highest BCUT2D eigenvalue weighted by molar-refractivity contribution is 5.90. The molecule has 1 heterocycles. The standard InChI is InChI=1S/C21H16F3N3O2/c22-21(23,24)16-9-1-2-10-17(16)27-20(28)26-12-3-4-14-29-18-11-5-7-15-8-6-13-25-19(15)18/h1-2,5-11,13H,12,14H2,(H2,26,27,28). The van der Waals surface area contributed by atoms with Crippen LogP contribution in [0.25, 0.3) is 10.9 Å². The van der Waals surface area contributed by atoms with Crippen LogP contribution in [0, 0.1) is 11.8 Å². The lowest BCUT2D eigenvalue weighted by Crippen LogP contribution is -2.30. The van der Waals surface area contributed by atoms with E-state index in [-0.39, 0.29) is 18.8 Å². The average Bonchev–Trinajstić information content (AvgIpc) is 2.70. The van der Waals surface area contributed by atoms with Crippen molar-refractivity contribution in [2.75, 3.05) is 18.5 Å². The first-order chi connectivity index (χ1) is 13.9. The molecule has 0 bridgehead atoms. The number of rotatable bonds is 4. The molecule has 2 aromatic carbocycles. The Morgan fingerprint density at radius 2 is 1.83 bits per heavy atom. The van der Waals surface area contributed by atoms with Gasteiger partial charge in [0.25, 0.3) is 0 Å². The van der Waals surface area contributed by atoms with Gasteiger partial charge in [-0.2, -0.15) is 13.2 Å². The molecule has 0 unspecified atom stereocenters. The minimum Gasteiger partial charge on any atom is -0.479 e. The number of fused-ring (bicyclic) bond motifs is 1. The van der Waals surface area contributed by atoms with E-state index in [0.29, 0.717) is 5.75 Å². The van der Waals surface area contributed by atoms with Crippen molar-refractivity contribution < 1.29 is 22.7 Å². The number of para-hydroxylation sites is 2. The van der Waals surface area contributed by atoms with Crippen LogP contribution in [0.3, 0.4) is 0 Å². The summed E-state index contributed by atoms with van der Waals surface area (Å²) in [5.74, 6) is 6.00. The molecule has 0 aliphatic carbocycles. The van der Waals surface area contributed by atoms with Crippen molar-refractivity contribution in [3.63, 3.8) is 0 Å². The van der Waals surface area contributed by atoms with Crippen molar-refractivity contribution >= 4 is 22.6 Å². The lowest BCUT2D eigenvalue weighted by molar-refractivity contribution is -0.136. The summed E-state index contributed by atoms with van der Waals surface area (Å²) in [5.41, 5.74) is -0.520. The predicted molar refractivity (Wildman–Crippen MR) is 103 cm³/mol. The second-order valence-electron chi connectivity index (χ2n) is 5.82. The quantitative estimate of drug-likeness (QED) is 0.637. The van der Waals surface area contributed by atoms with E-state index < -0.39 is 17.8 Å². The maximum absolute atomic E-state index is 12.9. The number of alkyl halides is 3. The minimum absolute atomic E-state index is 0.0445. The van der Waals surface area contributed by atoms with Gasteiger partial charge >= 0.3 is 12.2 Å². The summed E-state index contributed by atoms with van der Waals surface area (Å²) in [6.45, 7) is 0.0348. The summed E-state index contributed by atoms with van der Waals surface area (Å²) in [6, 6.07) is 13.2. The van der Waals surface area contributed by atoms with Crippen molar-refractivity contribution in [3.05, 3.63) is 66.4 Å². The number of nitrogens with zero attached hydrogens (tertiary/aromatic N) is 1. The summed E-state index contributed by atoms with van der Waals surface area (Å²) < 4.78 is 44.3. The third kappa shape index (κ3) is 5.39. The molecule has 3 rings (SSSR count). The molecule has 0 aliphatic heterocycles. The van der Waals surface area contributed by atoms with Crippen LogP contribution in [-0.2, 0) is 6.18 Å². The number of nitrogens with one attached hydrogen (secondary N) is 2. The normalized spacial score (nSPS) is 10.7. The molecule has 3 aromatic rings. The monoisotopic (exact) mass is 399 g/mol. The van der Waals surface area contributed by atoms with E-state index in [9.17, 15) is 18.0 Å². The Morgan fingerprint density at radius 1 is 1.03 bits per heavy atom. The predicted octanol–water partition coefficient (Wildman–Crippen LogP) is 4.46. The first kappa shape index (κ1) is 20.0. The van der Waals surface area contributed by atoms with Gasteiger partial charge in [0.2, 0.25) is 0 Å². The maximum Gasteiger partial charge on any atom is 0.418 e. The largest absolute Gasteiger partial charge is 0.479 e. The van der Waals surface area contributed by atoms with Gasteiger partial charge in [-0.15, -0.1) is 0 Å². The van der Waals surface area contributed by atoms with Crippen molar-refractivity contribution in [2.24, 2.45) is 0 Å². The van der Waals surface area contributed by atoms with Gasteiger partial charge in [-0.1, -0.05) is 42.2 Å². The number of hydrogen-bond acceptors (Lipinski definition) is 3. The lowest BCUT2D eigenvalue weighted by Gasteiger charge is -2.13. The van der Waals surface area contributed by atoms with Crippen molar-refractivity contribution in [1.29, 1.82) is 0 Å². The fourth-order valence-corrected chi connectivity index (χ4v) is 2.55. The highest BCUT2D eigenvalue weighted by Crippen LogP contribution is 2.34. The van der Waals surface area contributed by atoms with E-state index in [1.54, 1.807) is 12.3 Å². The van der Waals surface area contributed by atoms with E-state index in [0.717, 1.165) is 17.0 Å². The molecule has 0 aliphatic rings. The number of carbonyl (C=O) groups is 1. The molecule has 0 saturated heterocycles. The fraction of sp³-hybridized carbons (Fsp3) is 0.143. The summed E-state index contributed by atoms with van der Waals surface area (Å²) in [7, 11) is 0. The van der Waals surface area contributed by atoms with E-state index >= 15 is 0 Å². The number of benzene rings is 2. The van der Waals surface area contributed by atoms with Gasteiger partial charge in [0.1, 0.15) is 17.9 Å². The first-order valence-electron chi connectivity index (χ1n) is 8.58. The van der Waals surface area contributed by atoms with E-state index in [2.05, 4.69) is 27.5 Å². The number of aromatic nitrogens is 1. The van der Waals surface area contributed by atoms with Crippen LogP contribution in [0.4, 0.5) is 23.7 Å². The Bertz CT molecular complexity index is 1070. The van der Waals surface area contributed by atoms with Gasteiger partial charge in [0, 0.05) is 11.6 Å². The highest BCUT2D eigenvalue weighted by Gasteiger charge is 2.33. The number of urea groups is 1. The first-order valence-corrected chi connectivity index (χ1v) is 8.58. The maximum atomic E-state index is 12.9. The molecule has 0 spiro atoms. The molecular formula is C21H16F3N3O2. The van der Waals surface area contributed by atoms with E-state index in [4.69, 9.17) is 4.74 Å². The Morgan fingerprint density at radius 3 is 2.66 bits per heavy atom. The van der Waals surface area contributed by atoms with Gasteiger partial charge < -0.3 is 15.4 Å². The molecule has 0 radical (unpaired) electrons. The van der Waals surface area contributed by atoms with E-state index in [1.165, 1.54) is 18.2 Å². The van der Waals surface area contributed by atoms with Crippen molar-refractivity contribution in [2.45, 2.75) is 6.18 Å². The van der Waals surface area contributed by atoms with Crippen LogP contribution >= 0.6 is 0 Å². The Balaban J connectivity index is 1.49. The molecule has 1 aromatic heterocycles. The van der Waals surface area contributed by atoms with Gasteiger partial charge in [-0.05, 0) is 24.3 Å². The molecule has 29 heavy (non-hydrogen) atoms. The number of amides is 2. The number of carbonyl (C=O) groups excluding carboxylic acids is 1. The third-order valence-electron chi connectivity index (χ3n) is 3.84. The van der Waals surface area contributed by atoms with Crippen molar-refractivity contribution in [1.82, 2.24) is 10.3 Å². The van der Waals surface area contributed by atoms with Crippen LogP contribution in [0.2, 0.25) is 0 Å². The molecule has 0 atom stereocenters. The van der Waals surface area contributed by atoms with Crippen LogP contribution in [0.5, 0.6) is 5.75 Å². The summed E-state index contributed by atoms with van der Waals surface area (Å²) in [5, 5.41) is 5.50. The Hall–Kier alpha value is -3.73. The number of hydrogen-bond donors (Lipinski definition) is 2. The van der Waals surface area contributed by atoms with Gasteiger partial charge in [-0.3, -0.25) is 4.98 Å². The molecule has 8 heteroatoms. The van der Waals surface area contributed by atoms with Crippen LogP contribution in [-0.4, -0.2) is 24.2 Å². The number of anilines is 1. The van der Waals surface area contributed by atoms with Crippen LogP contribution < -0.4 is 15.4 Å².